The fourth-order valence-electron chi connectivity index (χ4n) is 2.39. The summed E-state index contributed by atoms with van der Waals surface area (Å²) in [6, 6.07) is 12.2. The average molecular weight is 371 g/mol. The molecule has 0 bridgehead atoms. The van der Waals surface area contributed by atoms with E-state index in [2.05, 4.69) is 10.3 Å². The van der Waals surface area contributed by atoms with Crippen molar-refractivity contribution in [3.05, 3.63) is 58.1 Å². The van der Waals surface area contributed by atoms with Gasteiger partial charge in [-0.2, -0.15) is 0 Å². The number of nitro groups is 1. The summed E-state index contributed by atoms with van der Waals surface area (Å²) in [7, 11) is 0. The number of benzene rings is 2. The SMILES string of the molecule is Cc1cccc(OCCCC(=O)Nc2nc3ccc([N+](=O)[O-])cc3s2)c1. The van der Waals surface area contributed by atoms with E-state index in [1.54, 1.807) is 6.07 Å². The van der Waals surface area contributed by atoms with E-state index in [9.17, 15) is 14.9 Å². The second kappa shape index (κ2) is 7.92. The highest BCUT2D eigenvalue weighted by molar-refractivity contribution is 7.22. The first-order valence-corrected chi connectivity index (χ1v) is 8.87. The van der Waals surface area contributed by atoms with Crippen LogP contribution in [0.15, 0.2) is 42.5 Å². The fourth-order valence-corrected chi connectivity index (χ4v) is 3.31. The van der Waals surface area contributed by atoms with Crippen LogP contribution < -0.4 is 10.1 Å². The van der Waals surface area contributed by atoms with Crippen molar-refractivity contribution in [3.63, 3.8) is 0 Å². The van der Waals surface area contributed by atoms with Gasteiger partial charge in [-0.05, 0) is 37.1 Å². The van der Waals surface area contributed by atoms with E-state index in [1.807, 2.05) is 31.2 Å². The second-order valence-electron chi connectivity index (χ2n) is 5.74. The van der Waals surface area contributed by atoms with Crippen molar-refractivity contribution < 1.29 is 14.5 Å². The highest BCUT2D eigenvalue weighted by Gasteiger charge is 2.12. The monoisotopic (exact) mass is 371 g/mol. The molecule has 0 aliphatic heterocycles. The third kappa shape index (κ3) is 4.54. The van der Waals surface area contributed by atoms with Crippen molar-refractivity contribution in [1.29, 1.82) is 0 Å². The fraction of sp³-hybridized carbons (Fsp3) is 0.222. The van der Waals surface area contributed by atoms with Gasteiger partial charge in [-0.1, -0.05) is 23.5 Å². The zero-order valence-corrected chi connectivity index (χ0v) is 14.9. The minimum Gasteiger partial charge on any atom is -0.494 e. The van der Waals surface area contributed by atoms with E-state index in [0.717, 1.165) is 11.3 Å². The lowest BCUT2D eigenvalue weighted by atomic mass is 10.2. The molecule has 8 heteroatoms. The molecule has 1 amide bonds. The minimum atomic E-state index is -0.453. The van der Waals surface area contributed by atoms with Gasteiger partial charge in [0.1, 0.15) is 5.75 Å². The van der Waals surface area contributed by atoms with Crippen LogP contribution in [0.2, 0.25) is 0 Å². The van der Waals surface area contributed by atoms with Crippen molar-refractivity contribution in [2.24, 2.45) is 0 Å². The Kier molecular flexibility index (Phi) is 5.43. The summed E-state index contributed by atoms with van der Waals surface area (Å²) in [6.45, 7) is 2.44. The number of ether oxygens (including phenoxy) is 1. The van der Waals surface area contributed by atoms with Crippen LogP contribution in [0.4, 0.5) is 10.8 Å². The first kappa shape index (κ1) is 17.8. The summed E-state index contributed by atoms with van der Waals surface area (Å²) < 4.78 is 6.28. The predicted molar refractivity (Wildman–Crippen MR) is 101 cm³/mol. The van der Waals surface area contributed by atoms with Crippen LogP contribution in [0.1, 0.15) is 18.4 Å². The van der Waals surface area contributed by atoms with E-state index in [-0.39, 0.29) is 11.6 Å². The van der Waals surface area contributed by atoms with Crippen LogP contribution in [0.3, 0.4) is 0 Å². The summed E-state index contributed by atoms with van der Waals surface area (Å²) in [5.74, 6) is 0.629. The van der Waals surface area contributed by atoms with E-state index in [0.29, 0.717) is 34.8 Å². The van der Waals surface area contributed by atoms with Crippen LogP contribution in [0.5, 0.6) is 5.75 Å². The molecule has 0 spiro atoms. The summed E-state index contributed by atoms with van der Waals surface area (Å²) in [6.07, 6.45) is 0.887. The van der Waals surface area contributed by atoms with Crippen LogP contribution in [0.25, 0.3) is 10.2 Å². The van der Waals surface area contributed by atoms with Crippen LogP contribution in [-0.2, 0) is 4.79 Å². The van der Waals surface area contributed by atoms with Gasteiger partial charge in [-0.15, -0.1) is 0 Å². The van der Waals surface area contributed by atoms with Gasteiger partial charge in [0.05, 0.1) is 21.7 Å². The maximum absolute atomic E-state index is 12.0. The number of nitrogens with zero attached hydrogens (tertiary/aromatic N) is 2. The molecule has 0 fully saturated rings. The summed E-state index contributed by atoms with van der Waals surface area (Å²) >= 11 is 1.22. The van der Waals surface area contributed by atoms with Crippen molar-refractivity contribution in [3.8, 4) is 5.75 Å². The summed E-state index contributed by atoms with van der Waals surface area (Å²) in [5, 5.41) is 14.0. The van der Waals surface area contributed by atoms with Gasteiger partial charge in [-0.3, -0.25) is 14.9 Å². The van der Waals surface area contributed by atoms with Crippen LogP contribution >= 0.6 is 11.3 Å². The molecule has 1 N–H and O–H groups in total. The van der Waals surface area contributed by atoms with Crippen molar-refractivity contribution >= 4 is 38.3 Å². The molecule has 1 aromatic heterocycles. The Morgan fingerprint density at radius 1 is 1.31 bits per heavy atom. The van der Waals surface area contributed by atoms with Gasteiger partial charge in [0.15, 0.2) is 5.13 Å². The number of hydrogen-bond acceptors (Lipinski definition) is 6. The van der Waals surface area contributed by atoms with Crippen molar-refractivity contribution in [1.82, 2.24) is 4.98 Å². The predicted octanol–water partition coefficient (Wildman–Crippen LogP) is 4.31. The largest absolute Gasteiger partial charge is 0.494 e. The molecule has 0 aliphatic rings. The maximum atomic E-state index is 12.0. The Bertz CT molecular complexity index is 955. The van der Waals surface area contributed by atoms with Crippen molar-refractivity contribution in [2.75, 3.05) is 11.9 Å². The maximum Gasteiger partial charge on any atom is 0.270 e. The number of anilines is 1. The third-order valence-corrected chi connectivity index (χ3v) is 4.57. The number of carbonyl (C=O) groups is 1. The molecule has 3 rings (SSSR count). The molecule has 0 saturated heterocycles. The van der Waals surface area contributed by atoms with Gasteiger partial charge in [0.2, 0.25) is 5.91 Å². The molecule has 0 saturated carbocycles. The standard InChI is InChI=1S/C18H17N3O4S/c1-12-4-2-5-14(10-12)25-9-3-6-17(22)20-18-19-15-8-7-13(21(23)24)11-16(15)26-18/h2,4-5,7-8,10-11H,3,6,9H2,1H3,(H,19,20,22). The summed E-state index contributed by atoms with van der Waals surface area (Å²) in [5.41, 5.74) is 1.75. The van der Waals surface area contributed by atoms with Crippen molar-refractivity contribution in [2.45, 2.75) is 19.8 Å². The van der Waals surface area contributed by atoms with Gasteiger partial charge in [0.25, 0.3) is 5.69 Å². The Balaban J connectivity index is 1.50. The molecule has 134 valence electrons. The summed E-state index contributed by atoms with van der Waals surface area (Å²) in [4.78, 5) is 26.6. The quantitative estimate of drug-likeness (QED) is 0.379. The van der Waals surface area contributed by atoms with Gasteiger partial charge < -0.3 is 10.1 Å². The lowest BCUT2D eigenvalue weighted by Crippen LogP contribution is -2.12. The molecular weight excluding hydrogens is 354 g/mol. The minimum absolute atomic E-state index is 0.00678. The van der Waals surface area contributed by atoms with E-state index in [4.69, 9.17) is 4.74 Å². The number of rotatable bonds is 7. The smallest absolute Gasteiger partial charge is 0.270 e. The number of amides is 1. The zero-order chi connectivity index (χ0) is 18.5. The second-order valence-corrected chi connectivity index (χ2v) is 6.78. The Morgan fingerprint density at radius 3 is 2.92 bits per heavy atom. The molecule has 3 aromatic rings. The van der Waals surface area contributed by atoms with E-state index < -0.39 is 4.92 Å². The molecule has 0 radical (unpaired) electrons. The number of hydrogen-bond donors (Lipinski definition) is 1. The van der Waals surface area contributed by atoms with Crippen LogP contribution in [0, 0.1) is 17.0 Å². The van der Waals surface area contributed by atoms with Gasteiger partial charge in [-0.25, -0.2) is 4.98 Å². The first-order valence-electron chi connectivity index (χ1n) is 8.05. The third-order valence-electron chi connectivity index (χ3n) is 3.64. The topological polar surface area (TPSA) is 94.4 Å². The molecule has 26 heavy (non-hydrogen) atoms. The average Bonchev–Trinajstić information content (AvgIpc) is 3.00. The number of carbonyl (C=O) groups excluding carboxylic acids is 1. The lowest BCUT2D eigenvalue weighted by Gasteiger charge is -2.06. The normalized spacial score (nSPS) is 10.7. The number of thiazole rings is 1. The number of nitrogens with one attached hydrogen (secondary N) is 1. The number of aromatic nitrogens is 1. The molecule has 0 aliphatic carbocycles. The molecule has 1 heterocycles. The van der Waals surface area contributed by atoms with Crippen LogP contribution in [-0.4, -0.2) is 22.4 Å². The Hall–Kier alpha value is -3.00. The first-order chi connectivity index (χ1) is 12.5. The molecule has 2 aromatic carbocycles. The highest BCUT2D eigenvalue weighted by Crippen LogP contribution is 2.29. The van der Waals surface area contributed by atoms with Gasteiger partial charge >= 0.3 is 0 Å². The Morgan fingerprint density at radius 2 is 2.15 bits per heavy atom. The van der Waals surface area contributed by atoms with E-state index >= 15 is 0 Å². The molecule has 0 unspecified atom stereocenters. The lowest BCUT2D eigenvalue weighted by molar-refractivity contribution is -0.384. The molecule has 7 nitrogen and oxygen atoms in total. The molecule has 0 atom stereocenters. The van der Waals surface area contributed by atoms with Gasteiger partial charge in [0, 0.05) is 18.6 Å². The number of non-ortho nitro benzene ring substituents is 1. The Labute approximate surface area is 153 Å². The zero-order valence-electron chi connectivity index (χ0n) is 14.1. The highest BCUT2D eigenvalue weighted by atomic mass is 32.1. The van der Waals surface area contributed by atoms with E-state index in [1.165, 1.54) is 23.5 Å². The number of fused-ring (bicyclic) bond motifs is 1. The molecular formula is C18H17N3O4S. The number of nitro benzene ring substituents is 1. The number of aryl methyl sites for hydroxylation is 1.